The van der Waals surface area contributed by atoms with E-state index in [2.05, 4.69) is 25.7 Å². The van der Waals surface area contributed by atoms with Gasteiger partial charge in [0.1, 0.15) is 0 Å². The quantitative estimate of drug-likeness (QED) is 0.577. The molecule has 84 valence electrons. The number of allylic oxidation sites excluding steroid dienone is 1. The van der Waals surface area contributed by atoms with E-state index in [1.54, 1.807) is 7.11 Å². The van der Waals surface area contributed by atoms with Gasteiger partial charge < -0.3 is 10.1 Å². The number of nitrogens with one attached hydrogen (secondary N) is 1. The molecule has 0 aromatic heterocycles. The average Bonchev–Trinajstić information content (AvgIpc) is 2.21. The second-order valence-electron chi connectivity index (χ2n) is 3.74. The van der Waals surface area contributed by atoms with Gasteiger partial charge in [-0.3, -0.25) is 0 Å². The van der Waals surface area contributed by atoms with E-state index in [1.165, 1.54) is 12.8 Å². The van der Waals surface area contributed by atoms with Crippen molar-refractivity contribution >= 4 is 0 Å². The van der Waals surface area contributed by atoms with E-state index < -0.39 is 0 Å². The van der Waals surface area contributed by atoms with Crippen LogP contribution in [0.2, 0.25) is 0 Å². The Morgan fingerprint density at radius 3 is 2.57 bits per heavy atom. The first-order valence-corrected chi connectivity index (χ1v) is 5.61. The van der Waals surface area contributed by atoms with Crippen molar-refractivity contribution in [2.45, 2.75) is 51.7 Å². The van der Waals surface area contributed by atoms with E-state index in [9.17, 15) is 0 Å². The molecule has 2 heteroatoms. The molecule has 0 saturated heterocycles. The van der Waals surface area contributed by atoms with Crippen LogP contribution in [0.3, 0.4) is 0 Å². The van der Waals surface area contributed by atoms with Crippen LogP contribution >= 0.6 is 0 Å². The van der Waals surface area contributed by atoms with E-state index in [0.717, 1.165) is 19.4 Å². The van der Waals surface area contributed by atoms with Crippen molar-refractivity contribution in [2.24, 2.45) is 0 Å². The van der Waals surface area contributed by atoms with Crippen LogP contribution in [0.4, 0.5) is 0 Å². The molecule has 0 radical (unpaired) electrons. The maximum Gasteiger partial charge on any atom is 0.0543 e. The molecule has 0 aliphatic rings. The molecule has 0 saturated carbocycles. The summed E-state index contributed by atoms with van der Waals surface area (Å²) in [6, 6.07) is 0.621. The summed E-state index contributed by atoms with van der Waals surface area (Å²) in [6.07, 6.45) is 6.97. The number of hydrogen-bond acceptors (Lipinski definition) is 2. The molecule has 0 fully saturated rings. The van der Waals surface area contributed by atoms with E-state index in [1.807, 2.05) is 6.08 Å². The summed E-state index contributed by atoms with van der Waals surface area (Å²) in [5.74, 6) is 0. The Morgan fingerprint density at radius 1 is 1.36 bits per heavy atom. The summed E-state index contributed by atoms with van der Waals surface area (Å²) in [5, 5.41) is 3.49. The molecule has 1 N–H and O–H groups in total. The van der Waals surface area contributed by atoms with Gasteiger partial charge in [0.15, 0.2) is 0 Å². The van der Waals surface area contributed by atoms with Gasteiger partial charge >= 0.3 is 0 Å². The summed E-state index contributed by atoms with van der Waals surface area (Å²) < 4.78 is 5.24. The molecule has 2 atom stereocenters. The lowest BCUT2D eigenvalue weighted by molar-refractivity contribution is 0.106. The van der Waals surface area contributed by atoms with Crippen LogP contribution in [0.5, 0.6) is 0 Å². The smallest absolute Gasteiger partial charge is 0.0543 e. The third-order valence-electron chi connectivity index (χ3n) is 2.54. The maximum atomic E-state index is 5.24. The lowest BCUT2D eigenvalue weighted by Gasteiger charge is -2.18. The first-order valence-electron chi connectivity index (χ1n) is 5.61. The number of rotatable bonds is 9. The molecular formula is C12H25NO. The Labute approximate surface area is 88.7 Å². The number of methoxy groups -OCH3 is 1. The molecular weight excluding hydrogens is 174 g/mol. The predicted molar refractivity (Wildman–Crippen MR) is 62.6 cm³/mol. The second-order valence-corrected chi connectivity index (χ2v) is 3.74. The van der Waals surface area contributed by atoms with Gasteiger partial charge in [0, 0.05) is 13.2 Å². The maximum absolute atomic E-state index is 5.24. The Hall–Kier alpha value is -0.340. The fourth-order valence-corrected chi connectivity index (χ4v) is 1.51. The molecule has 14 heavy (non-hydrogen) atoms. The predicted octanol–water partition coefficient (Wildman–Crippen LogP) is 2.75. The highest BCUT2D eigenvalue weighted by molar-refractivity contribution is 4.74. The molecule has 2 unspecified atom stereocenters. The van der Waals surface area contributed by atoms with Crippen LogP contribution in [0.15, 0.2) is 12.7 Å². The normalized spacial score (nSPS) is 15.1. The summed E-state index contributed by atoms with van der Waals surface area (Å²) in [7, 11) is 1.77. The van der Waals surface area contributed by atoms with E-state index in [4.69, 9.17) is 4.74 Å². The van der Waals surface area contributed by atoms with Gasteiger partial charge in [-0.25, -0.2) is 0 Å². The molecule has 0 rings (SSSR count). The zero-order valence-electron chi connectivity index (χ0n) is 9.88. The Balaban J connectivity index is 3.65. The molecule has 0 bridgehead atoms. The Bertz CT molecular complexity index is 136. The van der Waals surface area contributed by atoms with Crippen LogP contribution in [-0.2, 0) is 4.74 Å². The third-order valence-corrected chi connectivity index (χ3v) is 2.54. The van der Waals surface area contributed by atoms with Crippen molar-refractivity contribution in [2.75, 3.05) is 13.7 Å². The van der Waals surface area contributed by atoms with Crippen molar-refractivity contribution in [3.8, 4) is 0 Å². The van der Waals surface area contributed by atoms with Gasteiger partial charge in [-0.05, 0) is 39.2 Å². The lowest BCUT2D eigenvalue weighted by atomic mass is 10.0. The van der Waals surface area contributed by atoms with Gasteiger partial charge in [-0.1, -0.05) is 13.0 Å². The third kappa shape index (κ3) is 7.10. The minimum atomic E-state index is 0.375. The summed E-state index contributed by atoms with van der Waals surface area (Å²) in [5.41, 5.74) is 0. The van der Waals surface area contributed by atoms with E-state index in [0.29, 0.717) is 12.1 Å². The second kappa shape index (κ2) is 9.22. The summed E-state index contributed by atoms with van der Waals surface area (Å²) in [6.45, 7) is 9.07. The molecule has 0 heterocycles. The highest BCUT2D eigenvalue weighted by Crippen LogP contribution is 2.09. The van der Waals surface area contributed by atoms with Crippen molar-refractivity contribution in [1.29, 1.82) is 0 Å². The van der Waals surface area contributed by atoms with E-state index in [-0.39, 0.29) is 0 Å². The molecule has 0 amide bonds. The van der Waals surface area contributed by atoms with Gasteiger partial charge in [0.2, 0.25) is 0 Å². The average molecular weight is 199 g/mol. The monoisotopic (exact) mass is 199 g/mol. The van der Waals surface area contributed by atoms with Crippen LogP contribution in [0.25, 0.3) is 0 Å². The van der Waals surface area contributed by atoms with Crippen molar-refractivity contribution < 1.29 is 4.74 Å². The molecule has 2 nitrogen and oxygen atoms in total. The molecule has 0 aromatic rings. The molecule has 0 spiro atoms. The fourth-order valence-electron chi connectivity index (χ4n) is 1.51. The fraction of sp³-hybridized carbons (Fsp3) is 0.833. The van der Waals surface area contributed by atoms with Crippen LogP contribution in [0.1, 0.15) is 39.5 Å². The minimum absolute atomic E-state index is 0.375. The minimum Gasteiger partial charge on any atom is -0.382 e. The number of hydrogen-bond donors (Lipinski definition) is 1. The zero-order valence-corrected chi connectivity index (χ0v) is 9.88. The molecule has 0 aliphatic heterocycles. The van der Waals surface area contributed by atoms with Crippen molar-refractivity contribution in [3.63, 3.8) is 0 Å². The van der Waals surface area contributed by atoms with E-state index >= 15 is 0 Å². The summed E-state index contributed by atoms with van der Waals surface area (Å²) in [4.78, 5) is 0. The van der Waals surface area contributed by atoms with Crippen LogP contribution in [-0.4, -0.2) is 25.8 Å². The molecule has 0 aromatic carbocycles. The topological polar surface area (TPSA) is 21.3 Å². The first-order chi connectivity index (χ1) is 6.74. The largest absolute Gasteiger partial charge is 0.382 e. The Morgan fingerprint density at radius 2 is 2.07 bits per heavy atom. The van der Waals surface area contributed by atoms with Crippen LogP contribution in [0, 0.1) is 0 Å². The van der Waals surface area contributed by atoms with Crippen molar-refractivity contribution in [1.82, 2.24) is 5.32 Å². The number of ether oxygens (including phenoxy) is 1. The Kier molecular flexibility index (Phi) is 9.00. The molecule has 0 aliphatic carbocycles. The summed E-state index contributed by atoms with van der Waals surface area (Å²) >= 11 is 0. The zero-order chi connectivity index (χ0) is 10.8. The highest BCUT2D eigenvalue weighted by Gasteiger charge is 2.08. The highest BCUT2D eigenvalue weighted by atomic mass is 16.5. The van der Waals surface area contributed by atoms with Gasteiger partial charge in [0.25, 0.3) is 0 Å². The van der Waals surface area contributed by atoms with Crippen molar-refractivity contribution in [3.05, 3.63) is 12.7 Å². The lowest BCUT2D eigenvalue weighted by Crippen LogP contribution is -2.29. The standard InChI is InChI=1S/C12H25NO/c1-5-7-8-12(13-6-2)10-9-11(3)14-4/h5,11-13H,1,6-10H2,2-4H3. The van der Waals surface area contributed by atoms with Gasteiger partial charge in [0.05, 0.1) is 6.10 Å². The van der Waals surface area contributed by atoms with Crippen LogP contribution < -0.4 is 5.32 Å². The first kappa shape index (κ1) is 13.7. The van der Waals surface area contributed by atoms with Gasteiger partial charge in [-0.15, -0.1) is 6.58 Å². The van der Waals surface area contributed by atoms with Gasteiger partial charge in [-0.2, -0.15) is 0 Å². The SMILES string of the molecule is C=CCCC(CCC(C)OC)NCC.